The van der Waals surface area contributed by atoms with E-state index < -0.39 is 0 Å². The highest BCUT2D eigenvalue weighted by atomic mass is 16.2. The first-order valence-corrected chi connectivity index (χ1v) is 7.44. The molecule has 4 heteroatoms. The summed E-state index contributed by atoms with van der Waals surface area (Å²) in [5.74, 6) is 0.264. The second kappa shape index (κ2) is 5.54. The topological polar surface area (TPSA) is 35.6 Å². The van der Waals surface area contributed by atoms with Gasteiger partial charge in [-0.25, -0.2) is 0 Å². The number of benzene rings is 1. The molecule has 0 spiro atoms. The van der Waals surface area contributed by atoms with Gasteiger partial charge in [-0.05, 0) is 31.5 Å². The lowest BCUT2D eigenvalue weighted by molar-refractivity contribution is -0.137. The smallest absolute Gasteiger partial charge is 0.240 e. The van der Waals surface area contributed by atoms with Crippen molar-refractivity contribution in [3.05, 3.63) is 35.4 Å². The van der Waals surface area contributed by atoms with E-state index in [2.05, 4.69) is 48.5 Å². The van der Waals surface area contributed by atoms with Crippen LogP contribution >= 0.6 is 0 Å². The van der Waals surface area contributed by atoms with Gasteiger partial charge in [-0.3, -0.25) is 4.79 Å². The zero-order valence-electron chi connectivity index (χ0n) is 12.3. The Balaban J connectivity index is 1.70. The maximum atomic E-state index is 12.7. The molecule has 0 bridgehead atoms. The van der Waals surface area contributed by atoms with Gasteiger partial charge in [0.1, 0.15) is 0 Å². The van der Waals surface area contributed by atoms with Crippen LogP contribution < -0.4 is 5.32 Å². The second-order valence-electron chi connectivity index (χ2n) is 6.05. The van der Waals surface area contributed by atoms with Gasteiger partial charge in [0.15, 0.2) is 0 Å². The van der Waals surface area contributed by atoms with E-state index in [0.717, 1.165) is 32.6 Å². The fraction of sp³-hybridized carbons (Fsp3) is 0.562. The first kappa shape index (κ1) is 13.6. The number of likely N-dealkylation sites (N-methyl/N-ethyl adjacent to an activating group) is 1. The Morgan fingerprint density at radius 1 is 1.25 bits per heavy atom. The van der Waals surface area contributed by atoms with Crippen molar-refractivity contribution in [1.29, 1.82) is 0 Å². The molecule has 1 saturated heterocycles. The average molecular weight is 273 g/mol. The first-order chi connectivity index (χ1) is 9.65. The number of piperazine rings is 1. The molecule has 0 radical (unpaired) electrons. The summed E-state index contributed by atoms with van der Waals surface area (Å²) in [6.07, 6.45) is 0.814. The molecule has 4 nitrogen and oxygen atoms in total. The number of carbonyl (C=O) groups is 1. The molecular weight excluding hydrogens is 250 g/mol. The van der Waals surface area contributed by atoms with Crippen LogP contribution in [0.3, 0.4) is 0 Å². The molecule has 0 aromatic heterocycles. The molecule has 2 heterocycles. The quantitative estimate of drug-likeness (QED) is 0.824. The molecule has 20 heavy (non-hydrogen) atoms. The predicted octanol–water partition coefficient (Wildman–Crippen LogP) is 0.863. The molecule has 1 amide bonds. The lowest BCUT2D eigenvalue weighted by Gasteiger charge is -2.40. The highest BCUT2D eigenvalue weighted by molar-refractivity contribution is 5.83. The maximum Gasteiger partial charge on any atom is 0.240 e. The number of nitrogens with one attached hydrogen (secondary N) is 1. The molecule has 0 aliphatic carbocycles. The van der Waals surface area contributed by atoms with Crippen LogP contribution in [0, 0.1) is 0 Å². The molecule has 108 valence electrons. The fourth-order valence-electron chi connectivity index (χ4n) is 3.30. The lowest BCUT2D eigenvalue weighted by Crippen LogP contribution is -2.58. The van der Waals surface area contributed by atoms with E-state index in [4.69, 9.17) is 0 Å². The van der Waals surface area contributed by atoms with E-state index >= 15 is 0 Å². The Bertz CT molecular complexity index is 502. The molecule has 0 saturated carbocycles. The van der Waals surface area contributed by atoms with E-state index in [0.29, 0.717) is 6.04 Å². The monoisotopic (exact) mass is 273 g/mol. The zero-order valence-corrected chi connectivity index (χ0v) is 12.3. The van der Waals surface area contributed by atoms with Crippen molar-refractivity contribution in [3.63, 3.8) is 0 Å². The van der Waals surface area contributed by atoms with Crippen LogP contribution in [0.2, 0.25) is 0 Å². The van der Waals surface area contributed by atoms with E-state index in [1.807, 2.05) is 4.90 Å². The van der Waals surface area contributed by atoms with Crippen molar-refractivity contribution in [2.75, 3.05) is 26.7 Å². The Morgan fingerprint density at radius 3 is 2.75 bits per heavy atom. The van der Waals surface area contributed by atoms with Gasteiger partial charge < -0.3 is 15.1 Å². The van der Waals surface area contributed by atoms with Crippen molar-refractivity contribution < 1.29 is 4.79 Å². The summed E-state index contributed by atoms with van der Waals surface area (Å²) in [6, 6.07) is 8.65. The lowest BCUT2D eigenvalue weighted by atomic mass is 9.94. The van der Waals surface area contributed by atoms with Crippen LogP contribution in [-0.4, -0.2) is 54.5 Å². The van der Waals surface area contributed by atoms with Crippen molar-refractivity contribution in [3.8, 4) is 0 Å². The SMILES string of the molecule is CC1CN(C)CCN1C(=O)[C@@H]1Cc2ccccc2CN1. The number of rotatable bonds is 1. The molecule has 1 unspecified atom stereocenters. The van der Waals surface area contributed by atoms with E-state index in [1.54, 1.807) is 0 Å². The van der Waals surface area contributed by atoms with Crippen LogP contribution in [0.4, 0.5) is 0 Å². The van der Waals surface area contributed by atoms with Crippen LogP contribution in [0.1, 0.15) is 18.1 Å². The third-order valence-electron chi connectivity index (χ3n) is 4.49. The molecule has 1 N–H and O–H groups in total. The summed E-state index contributed by atoms with van der Waals surface area (Å²) in [7, 11) is 2.12. The Labute approximate surface area is 120 Å². The molecule has 3 rings (SSSR count). The summed E-state index contributed by atoms with van der Waals surface area (Å²) in [4.78, 5) is 17.1. The number of fused-ring (bicyclic) bond motifs is 1. The summed E-state index contributed by atoms with van der Waals surface area (Å²) in [5, 5.41) is 3.40. The van der Waals surface area contributed by atoms with Gasteiger partial charge in [0.2, 0.25) is 5.91 Å². The maximum absolute atomic E-state index is 12.7. The van der Waals surface area contributed by atoms with Gasteiger partial charge in [-0.15, -0.1) is 0 Å². The van der Waals surface area contributed by atoms with Gasteiger partial charge in [0.05, 0.1) is 6.04 Å². The molecule has 2 atom stereocenters. The molecule has 2 aliphatic rings. The third-order valence-corrected chi connectivity index (χ3v) is 4.49. The summed E-state index contributed by atoms with van der Waals surface area (Å²) < 4.78 is 0. The van der Waals surface area contributed by atoms with Gasteiger partial charge in [-0.2, -0.15) is 0 Å². The minimum absolute atomic E-state index is 0.0595. The van der Waals surface area contributed by atoms with Crippen LogP contribution in [0.25, 0.3) is 0 Å². The number of carbonyl (C=O) groups excluding carboxylic acids is 1. The summed E-state index contributed by atoms with van der Waals surface area (Å²) >= 11 is 0. The minimum Gasteiger partial charge on any atom is -0.336 e. The molecular formula is C16H23N3O. The van der Waals surface area contributed by atoms with Crippen molar-refractivity contribution in [2.24, 2.45) is 0 Å². The standard InChI is InChI=1S/C16H23N3O/c1-12-11-18(2)7-8-19(12)16(20)15-9-13-5-3-4-6-14(13)10-17-15/h3-6,12,15,17H,7-11H2,1-2H3/t12?,15-/m0/s1. The highest BCUT2D eigenvalue weighted by Gasteiger charge is 2.32. The van der Waals surface area contributed by atoms with Gasteiger partial charge >= 0.3 is 0 Å². The normalized spacial score (nSPS) is 27.2. The van der Waals surface area contributed by atoms with Gasteiger partial charge in [-0.1, -0.05) is 24.3 Å². The predicted molar refractivity (Wildman–Crippen MR) is 79.4 cm³/mol. The second-order valence-corrected chi connectivity index (χ2v) is 6.05. The number of nitrogens with zero attached hydrogens (tertiary/aromatic N) is 2. The van der Waals surface area contributed by atoms with E-state index in [9.17, 15) is 4.79 Å². The van der Waals surface area contributed by atoms with Crippen LogP contribution in [-0.2, 0) is 17.8 Å². The Morgan fingerprint density at radius 2 is 2.00 bits per heavy atom. The molecule has 2 aliphatic heterocycles. The van der Waals surface area contributed by atoms with Crippen LogP contribution in [0.5, 0.6) is 0 Å². The molecule has 1 fully saturated rings. The van der Waals surface area contributed by atoms with Gasteiger partial charge in [0.25, 0.3) is 0 Å². The number of amides is 1. The van der Waals surface area contributed by atoms with E-state index in [-0.39, 0.29) is 11.9 Å². The number of hydrogen-bond acceptors (Lipinski definition) is 3. The Kier molecular flexibility index (Phi) is 3.76. The molecule has 1 aromatic carbocycles. The highest BCUT2D eigenvalue weighted by Crippen LogP contribution is 2.19. The average Bonchev–Trinajstić information content (AvgIpc) is 2.46. The fourth-order valence-corrected chi connectivity index (χ4v) is 3.30. The third kappa shape index (κ3) is 2.58. The Hall–Kier alpha value is -1.39. The zero-order chi connectivity index (χ0) is 14.1. The van der Waals surface area contributed by atoms with Crippen molar-refractivity contribution in [1.82, 2.24) is 15.1 Å². The van der Waals surface area contributed by atoms with E-state index in [1.165, 1.54) is 11.1 Å². The van der Waals surface area contributed by atoms with Crippen molar-refractivity contribution >= 4 is 5.91 Å². The van der Waals surface area contributed by atoms with Crippen molar-refractivity contribution in [2.45, 2.75) is 32.0 Å². The van der Waals surface area contributed by atoms with Gasteiger partial charge in [0, 0.05) is 32.2 Å². The summed E-state index contributed by atoms with van der Waals surface area (Å²) in [6.45, 7) is 5.73. The first-order valence-electron chi connectivity index (χ1n) is 7.44. The largest absolute Gasteiger partial charge is 0.336 e. The number of hydrogen-bond donors (Lipinski definition) is 1. The molecule has 1 aromatic rings. The summed E-state index contributed by atoms with van der Waals surface area (Å²) in [5.41, 5.74) is 2.63. The minimum atomic E-state index is -0.0595. The van der Waals surface area contributed by atoms with Crippen LogP contribution in [0.15, 0.2) is 24.3 Å².